The topological polar surface area (TPSA) is 79.6 Å². The molecule has 0 aliphatic heterocycles. The van der Waals surface area contributed by atoms with Gasteiger partial charge in [-0.1, -0.05) is 18.9 Å². The van der Waals surface area contributed by atoms with E-state index in [1.807, 2.05) is 0 Å². The molecule has 0 aliphatic rings. The zero-order chi connectivity index (χ0) is 18.4. The van der Waals surface area contributed by atoms with E-state index in [1.165, 1.54) is 23.3 Å². The van der Waals surface area contributed by atoms with Gasteiger partial charge in [0, 0.05) is 12.1 Å². The lowest BCUT2D eigenvalue weighted by Gasteiger charge is -2.20. The van der Waals surface area contributed by atoms with Crippen LogP contribution in [0, 0.1) is 19.3 Å². The minimum absolute atomic E-state index is 0.0435. The second kappa shape index (κ2) is 8.01. The molecule has 0 atom stereocenters. The summed E-state index contributed by atoms with van der Waals surface area (Å²) in [6, 6.07) is 7.93. The van der Waals surface area contributed by atoms with Crippen molar-refractivity contribution in [3.05, 3.63) is 53.5 Å². The van der Waals surface area contributed by atoms with Gasteiger partial charge in [0.05, 0.1) is 24.2 Å². The molecule has 0 fully saturated rings. The number of nitrogens with one attached hydrogen (secondary N) is 1. The third-order valence-electron chi connectivity index (χ3n) is 3.58. The van der Waals surface area contributed by atoms with E-state index in [4.69, 9.17) is 10.8 Å². The van der Waals surface area contributed by atoms with Crippen molar-refractivity contribution in [2.24, 2.45) is 0 Å². The first-order valence-electron chi connectivity index (χ1n) is 7.74. The molecule has 1 aromatic heterocycles. The summed E-state index contributed by atoms with van der Waals surface area (Å²) >= 11 is 0. The molecule has 0 spiro atoms. The van der Waals surface area contributed by atoms with Gasteiger partial charge in [-0.15, -0.1) is 6.42 Å². The van der Waals surface area contributed by atoms with Crippen LogP contribution in [0.25, 0.3) is 0 Å². The molecule has 1 N–H and O–H groups in total. The molecule has 132 valence electrons. The number of hydrogen-bond acceptors (Lipinski definition) is 4. The second-order valence-corrected chi connectivity index (χ2v) is 7.19. The number of aryl methyl sites for hydroxylation is 1. The molecule has 1 heterocycles. The molecule has 1 aromatic carbocycles. The molecule has 0 radical (unpaired) electrons. The largest absolute Gasteiger partial charge is 0.467 e. The molecule has 7 heteroatoms. The monoisotopic (exact) mass is 360 g/mol. The minimum Gasteiger partial charge on any atom is -0.467 e. The summed E-state index contributed by atoms with van der Waals surface area (Å²) in [4.78, 5) is 14.4. The Balaban J connectivity index is 2.37. The van der Waals surface area contributed by atoms with Crippen LogP contribution in [0.5, 0.6) is 0 Å². The van der Waals surface area contributed by atoms with E-state index in [2.05, 4.69) is 10.6 Å². The van der Waals surface area contributed by atoms with E-state index in [0.717, 1.165) is 0 Å². The zero-order valence-electron chi connectivity index (χ0n) is 14.2. The highest BCUT2D eigenvalue weighted by atomic mass is 32.2. The Bertz CT molecular complexity index is 880. The fourth-order valence-electron chi connectivity index (χ4n) is 2.34. The number of hydrogen-bond donors (Lipinski definition) is 1. The molecule has 2 rings (SSSR count). The molecule has 0 bridgehead atoms. The van der Waals surface area contributed by atoms with E-state index < -0.39 is 10.0 Å². The Morgan fingerprint density at radius 2 is 2.12 bits per heavy atom. The number of benzene rings is 1. The van der Waals surface area contributed by atoms with Crippen LogP contribution in [0.15, 0.2) is 45.9 Å². The van der Waals surface area contributed by atoms with Gasteiger partial charge in [-0.05, 0) is 36.8 Å². The Morgan fingerprint density at radius 3 is 2.72 bits per heavy atom. The zero-order valence-corrected chi connectivity index (χ0v) is 15.0. The van der Waals surface area contributed by atoms with Crippen molar-refractivity contribution in [3.63, 3.8) is 0 Å². The maximum atomic E-state index is 12.9. The Kier molecular flexibility index (Phi) is 6.02. The van der Waals surface area contributed by atoms with Crippen molar-refractivity contribution in [2.75, 3.05) is 13.1 Å². The van der Waals surface area contributed by atoms with Gasteiger partial charge in [0.15, 0.2) is 0 Å². The molecule has 0 unspecified atom stereocenters. The lowest BCUT2D eigenvalue weighted by atomic mass is 10.1. The highest BCUT2D eigenvalue weighted by molar-refractivity contribution is 7.89. The maximum absolute atomic E-state index is 12.9. The summed E-state index contributed by atoms with van der Waals surface area (Å²) in [5.41, 5.74) is 0.961. The van der Waals surface area contributed by atoms with Gasteiger partial charge < -0.3 is 9.32 Å². The quantitative estimate of drug-likeness (QED) is 0.768. The Morgan fingerprint density at radius 1 is 1.36 bits per heavy atom. The molecule has 1 amide bonds. The van der Waals surface area contributed by atoms with Gasteiger partial charge >= 0.3 is 0 Å². The summed E-state index contributed by atoms with van der Waals surface area (Å²) in [6.45, 7) is 4.00. The van der Waals surface area contributed by atoms with Crippen LogP contribution in [0.2, 0.25) is 0 Å². The van der Waals surface area contributed by atoms with Gasteiger partial charge in [0.25, 0.3) is 5.91 Å². The van der Waals surface area contributed by atoms with E-state index in [-0.39, 0.29) is 30.4 Å². The van der Waals surface area contributed by atoms with E-state index in [1.54, 1.807) is 32.0 Å². The average molecular weight is 360 g/mol. The Hall–Kier alpha value is -2.56. The lowest BCUT2D eigenvalue weighted by molar-refractivity contribution is 0.0754. The van der Waals surface area contributed by atoms with Gasteiger partial charge in [0.1, 0.15) is 5.76 Å². The van der Waals surface area contributed by atoms with Crippen molar-refractivity contribution in [2.45, 2.75) is 25.3 Å². The number of terminal acetylenes is 1. The fraction of sp³-hybridized carbons (Fsp3) is 0.278. The van der Waals surface area contributed by atoms with Crippen molar-refractivity contribution < 1.29 is 17.6 Å². The Labute approximate surface area is 147 Å². The van der Waals surface area contributed by atoms with E-state index in [0.29, 0.717) is 16.9 Å². The van der Waals surface area contributed by atoms with E-state index in [9.17, 15) is 13.2 Å². The van der Waals surface area contributed by atoms with Crippen LogP contribution in [-0.4, -0.2) is 32.3 Å². The van der Waals surface area contributed by atoms with Crippen LogP contribution in [0.3, 0.4) is 0 Å². The summed E-state index contributed by atoms with van der Waals surface area (Å²) in [5.74, 6) is 2.70. The summed E-state index contributed by atoms with van der Waals surface area (Å²) in [7, 11) is -3.65. The molecule has 6 nitrogen and oxygen atoms in total. The SMILES string of the molecule is C#CCN(Cc1ccco1)C(=O)c1cc(S(=O)(=O)NCC)ccc1C. The first kappa shape index (κ1) is 18.8. The second-order valence-electron chi connectivity index (χ2n) is 5.42. The number of nitrogens with zero attached hydrogens (tertiary/aromatic N) is 1. The molecule has 0 aliphatic carbocycles. The maximum Gasteiger partial charge on any atom is 0.255 e. The highest BCUT2D eigenvalue weighted by Crippen LogP contribution is 2.19. The number of carbonyl (C=O) groups is 1. The average Bonchev–Trinajstić information content (AvgIpc) is 3.07. The first-order valence-corrected chi connectivity index (χ1v) is 9.22. The molecule has 0 saturated carbocycles. The smallest absolute Gasteiger partial charge is 0.255 e. The number of rotatable bonds is 7. The van der Waals surface area contributed by atoms with Gasteiger partial charge in [-0.25, -0.2) is 13.1 Å². The number of carbonyl (C=O) groups excluding carboxylic acids is 1. The van der Waals surface area contributed by atoms with Crippen LogP contribution >= 0.6 is 0 Å². The first-order chi connectivity index (χ1) is 11.9. The number of amides is 1. The molecular formula is C18H20N2O4S. The molecule has 0 saturated heterocycles. The van der Waals surface area contributed by atoms with Crippen LogP contribution in [0.1, 0.15) is 28.6 Å². The van der Waals surface area contributed by atoms with Gasteiger partial charge in [-0.2, -0.15) is 0 Å². The summed E-state index contributed by atoms with van der Waals surface area (Å²) in [6.07, 6.45) is 6.89. The lowest BCUT2D eigenvalue weighted by Crippen LogP contribution is -2.31. The standard InChI is InChI=1S/C18H20N2O4S/c1-4-10-20(13-15-7-6-11-24-15)18(21)17-12-16(9-8-14(17)3)25(22,23)19-5-2/h1,6-9,11-12,19H,5,10,13H2,2-3H3. The van der Waals surface area contributed by atoms with Crippen molar-refractivity contribution in [3.8, 4) is 12.3 Å². The number of sulfonamides is 1. The number of furan rings is 1. The third-order valence-corrected chi connectivity index (χ3v) is 5.12. The summed E-state index contributed by atoms with van der Waals surface area (Å²) < 4.78 is 32.1. The van der Waals surface area contributed by atoms with E-state index >= 15 is 0 Å². The van der Waals surface area contributed by atoms with Crippen LogP contribution in [0.4, 0.5) is 0 Å². The highest BCUT2D eigenvalue weighted by Gasteiger charge is 2.21. The van der Waals surface area contributed by atoms with Crippen molar-refractivity contribution in [1.29, 1.82) is 0 Å². The minimum atomic E-state index is -3.65. The normalized spacial score (nSPS) is 11.1. The molecular weight excluding hydrogens is 340 g/mol. The van der Waals surface area contributed by atoms with Gasteiger partial charge in [0.2, 0.25) is 10.0 Å². The van der Waals surface area contributed by atoms with Crippen molar-refractivity contribution in [1.82, 2.24) is 9.62 Å². The third kappa shape index (κ3) is 4.50. The fourth-order valence-corrected chi connectivity index (χ4v) is 3.41. The van der Waals surface area contributed by atoms with Crippen LogP contribution in [-0.2, 0) is 16.6 Å². The molecule has 2 aromatic rings. The summed E-state index contributed by atoms with van der Waals surface area (Å²) in [5, 5.41) is 0. The van der Waals surface area contributed by atoms with Crippen molar-refractivity contribution >= 4 is 15.9 Å². The van der Waals surface area contributed by atoms with Crippen LogP contribution < -0.4 is 4.72 Å². The molecule has 25 heavy (non-hydrogen) atoms. The van der Waals surface area contributed by atoms with Gasteiger partial charge in [-0.3, -0.25) is 4.79 Å². The predicted octanol–water partition coefficient (Wildman–Crippen LogP) is 2.16. The predicted molar refractivity (Wildman–Crippen MR) is 94.3 cm³/mol.